The molecule has 1 aliphatic rings. The van der Waals surface area contributed by atoms with Gasteiger partial charge in [-0.05, 0) is 52.6 Å². The van der Waals surface area contributed by atoms with Crippen molar-refractivity contribution in [3.63, 3.8) is 0 Å². The fourth-order valence-corrected chi connectivity index (χ4v) is 5.79. The molecule has 1 unspecified atom stereocenters. The van der Waals surface area contributed by atoms with Gasteiger partial charge in [-0.25, -0.2) is 4.98 Å². The zero-order valence-corrected chi connectivity index (χ0v) is 22.6. The summed E-state index contributed by atoms with van der Waals surface area (Å²) in [6.07, 6.45) is 3.61. The predicted octanol–water partition coefficient (Wildman–Crippen LogP) is 5.00. The van der Waals surface area contributed by atoms with Crippen molar-refractivity contribution in [2.75, 3.05) is 11.9 Å². The van der Waals surface area contributed by atoms with E-state index in [0.717, 1.165) is 28.0 Å². The molecule has 1 amide bonds. The van der Waals surface area contributed by atoms with Crippen LogP contribution < -0.4 is 5.32 Å². The standard InChI is InChI=1S/C25H28ClN3O5S2/c1-15(2)18-12-21(23(31)28-24-27-20(22(26)35-24)8-11-34-16(3)30)29(14-18)13-17-4-6-19(7-5-17)25(9-10-25)36(32)33/h4-7,12,14-15H,8-11,13H2,1-3H3,(H,32,33)(H,27,28,31)/p-1. The van der Waals surface area contributed by atoms with Crippen LogP contribution in [-0.4, -0.2) is 36.8 Å². The Morgan fingerprint density at radius 2 is 2.00 bits per heavy atom. The van der Waals surface area contributed by atoms with Crippen LogP contribution in [0.15, 0.2) is 36.5 Å². The molecule has 8 nitrogen and oxygen atoms in total. The summed E-state index contributed by atoms with van der Waals surface area (Å²) in [7, 11) is 0. The molecule has 3 aromatic rings. The molecule has 2 aromatic heterocycles. The summed E-state index contributed by atoms with van der Waals surface area (Å²) in [5.41, 5.74) is 3.82. The van der Waals surface area contributed by atoms with E-state index in [-0.39, 0.29) is 24.4 Å². The first-order valence-corrected chi connectivity index (χ1v) is 13.8. The van der Waals surface area contributed by atoms with Gasteiger partial charge in [0.1, 0.15) is 10.0 Å². The van der Waals surface area contributed by atoms with Crippen molar-refractivity contribution < 1.29 is 23.1 Å². The van der Waals surface area contributed by atoms with Crippen molar-refractivity contribution in [3.05, 3.63) is 68.9 Å². The van der Waals surface area contributed by atoms with Gasteiger partial charge < -0.3 is 13.9 Å². The monoisotopic (exact) mass is 548 g/mol. The number of thiazole rings is 1. The van der Waals surface area contributed by atoms with E-state index in [4.69, 9.17) is 16.3 Å². The molecule has 11 heteroatoms. The number of halogens is 1. The molecule has 0 aliphatic heterocycles. The molecule has 0 saturated heterocycles. The van der Waals surface area contributed by atoms with E-state index in [9.17, 15) is 18.4 Å². The highest BCUT2D eigenvalue weighted by molar-refractivity contribution is 7.80. The zero-order valence-electron chi connectivity index (χ0n) is 20.2. The third kappa shape index (κ3) is 5.88. The molecular weight excluding hydrogens is 522 g/mol. The maximum absolute atomic E-state index is 13.2. The summed E-state index contributed by atoms with van der Waals surface area (Å²) in [4.78, 5) is 28.6. The van der Waals surface area contributed by atoms with E-state index >= 15 is 0 Å². The Bertz CT molecular complexity index is 1300. The summed E-state index contributed by atoms with van der Waals surface area (Å²) in [6, 6.07) is 9.41. The van der Waals surface area contributed by atoms with Crippen LogP contribution in [0.1, 0.15) is 72.4 Å². The SMILES string of the molecule is CC(=O)OCCc1nc(NC(=O)c2cc(C(C)C)cn2Cc2ccc(C3(S(=O)[O-])CC3)cc2)sc1Cl. The number of anilines is 1. The normalized spacial score (nSPS) is 15.1. The molecule has 1 atom stereocenters. The molecule has 0 bridgehead atoms. The van der Waals surface area contributed by atoms with Crippen LogP contribution in [0.25, 0.3) is 0 Å². The topological polar surface area (TPSA) is 113 Å². The Morgan fingerprint density at radius 1 is 1.31 bits per heavy atom. The Kier molecular flexibility index (Phi) is 7.99. The molecule has 36 heavy (non-hydrogen) atoms. The number of nitrogens with zero attached hydrogens (tertiary/aromatic N) is 2. The Morgan fingerprint density at radius 3 is 2.58 bits per heavy atom. The van der Waals surface area contributed by atoms with Crippen molar-refractivity contribution in [1.82, 2.24) is 9.55 Å². The summed E-state index contributed by atoms with van der Waals surface area (Å²) in [5, 5.41) is 3.20. The van der Waals surface area contributed by atoms with E-state index < -0.39 is 15.8 Å². The van der Waals surface area contributed by atoms with Gasteiger partial charge in [0, 0.05) is 26.1 Å². The van der Waals surface area contributed by atoms with E-state index in [1.165, 1.54) is 6.92 Å². The molecule has 1 aliphatic carbocycles. The van der Waals surface area contributed by atoms with Gasteiger partial charge in [0.05, 0.1) is 17.0 Å². The van der Waals surface area contributed by atoms with Crippen molar-refractivity contribution in [1.29, 1.82) is 0 Å². The molecule has 192 valence electrons. The molecule has 1 aromatic carbocycles. The van der Waals surface area contributed by atoms with Gasteiger partial charge in [-0.2, -0.15) is 0 Å². The average molecular weight is 549 g/mol. The van der Waals surface area contributed by atoms with Crippen LogP contribution in [0.5, 0.6) is 0 Å². The number of esters is 1. The lowest BCUT2D eigenvalue weighted by Gasteiger charge is -2.19. The van der Waals surface area contributed by atoms with E-state index in [1.807, 2.05) is 41.1 Å². The zero-order chi connectivity index (χ0) is 26.0. The van der Waals surface area contributed by atoms with Gasteiger partial charge in [-0.3, -0.25) is 19.1 Å². The van der Waals surface area contributed by atoms with Gasteiger partial charge in [-0.1, -0.05) is 61.1 Å². The number of benzene rings is 1. The van der Waals surface area contributed by atoms with Gasteiger partial charge >= 0.3 is 5.97 Å². The first kappa shape index (κ1) is 26.5. The summed E-state index contributed by atoms with van der Waals surface area (Å²) < 4.78 is 29.8. The van der Waals surface area contributed by atoms with Crippen molar-refractivity contribution in [2.24, 2.45) is 0 Å². The number of carbonyl (C=O) groups excluding carboxylic acids is 2. The summed E-state index contributed by atoms with van der Waals surface area (Å²) in [6.45, 7) is 6.07. The molecule has 0 spiro atoms. The largest absolute Gasteiger partial charge is 0.772 e. The second kappa shape index (κ2) is 10.8. The fourth-order valence-electron chi connectivity index (χ4n) is 3.94. The van der Waals surface area contributed by atoms with E-state index in [1.54, 1.807) is 0 Å². The molecule has 1 N–H and O–H groups in total. The highest BCUT2D eigenvalue weighted by Gasteiger charge is 2.45. The number of hydrogen-bond donors (Lipinski definition) is 1. The first-order chi connectivity index (χ1) is 17.1. The number of amides is 1. The quantitative estimate of drug-likeness (QED) is 0.282. The highest BCUT2D eigenvalue weighted by atomic mass is 35.5. The van der Waals surface area contributed by atoms with Gasteiger partial charge in [-0.15, -0.1) is 0 Å². The van der Waals surface area contributed by atoms with Gasteiger partial charge in [0.2, 0.25) is 0 Å². The number of ether oxygens (including phenoxy) is 1. The minimum atomic E-state index is -2.14. The lowest BCUT2D eigenvalue weighted by molar-refractivity contribution is -0.140. The van der Waals surface area contributed by atoms with Crippen molar-refractivity contribution in [3.8, 4) is 0 Å². The number of nitrogens with one attached hydrogen (secondary N) is 1. The highest BCUT2D eigenvalue weighted by Crippen LogP contribution is 2.50. The van der Waals surface area contributed by atoms with E-state index in [2.05, 4.69) is 24.1 Å². The Hall–Kier alpha value is -2.53. The fraction of sp³-hybridized carbons (Fsp3) is 0.400. The summed E-state index contributed by atoms with van der Waals surface area (Å²) >= 11 is 5.28. The van der Waals surface area contributed by atoms with Crippen LogP contribution in [0.3, 0.4) is 0 Å². The van der Waals surface area contributed by atoms with Crippen LogP contribution >= 0.6 is 22.9 Å². The maximum atomic E-state index is 13.2. The second-order valence-corrected chi connectivity index (χ2v) is 12.0. The maximum Gasteiger partial charge on any atom is 0.302 e. The predicted molar refractivity (Wildman–Crippen MR) is 139 cm³/mol. The first-order valence-electron chi connectivity index (χ1n) is 11.6. The van der Waals surface area contributed by atoms with Gasteiger partial charge in [0.25, 0.3) is 5.91 Å². The Labute approximate surface area is 221 Å². The third-order valence-electron chi connectivity index (χ3n) is 6.19. The molecule has 2 heterocycles. The second-order valence-electron chi connectivity index (χ2n) is 9.15. The third-order valence-corrected chi connectivity index (χ3v) is 8.72. The smallest absolute Gasteiger partial charge is 0.302 e. The molecule has 1 saturated carbocycles. The van der Waals surface area contributed by atoms with Crippen LogP contribution in [-0.2, 0) is 38.3 Å². The number of carbonyl (C=O) groups is 2. The lowest BCUT2D eigenvalue weighted by Crippen LogP contribution is -2.17. The average Bonchev–Trinajstić information content (AvgIpc) is 3.41. The molecule has 1 fully saturated rings. The Balaban J connectivity index is 1.50. The number of aromatic nitrogens is 2. The number of rotatable bonds is 10. The van der Waals surface area contributed by atoms with E-state index in [0.29, 0.717) is 46.7 Å². The van der Waals surface area contributed by atoms with Gasteiger partial charge in [0.15, 0.2) is 5.13 Å². The molecule has 0 radical (unpaired) electrons. The van der Waals surface area contributed by atoms with Crippen LogP contribution in [0.2, 0.25) is 4.34 Å². The van der Waals surface area contributed by atoms with Crippen LogP contribution in [0, 0.1) is 0 Å². The van der Waals surface area contributed by atoms with Crippen LogP contribution in [0.4, 0.5) is 5.13 Å². The molecular formula is C25H27ClN3O5S2-. The van der Waals surface area contributed by atoms with Crippen molar-refractivity contribution in [2.45, 2.75) is 57.2 Å². The minimum absolute atomic E-state index is 0.164. The minimum Gasteiger partial charge on any atom is -0.772 e. The molecule has 4 rings (SSSR count). The van der Waals surface area contributed by atoms with Crippen molar-refractivity contribution >= 4 is 51.0 Å². The lowest BCUT2D eigenvalue weighted by atomic mass is 10.1. The summed E-state index contributed by atoms with van der Waals surface area (Å²) in [5.74, 6) is -0.461. The number of hydrogen-bond acceptors (Lipinski definition) is 7.